The molecule has 0 aliphatic carbocycles. The summed E-state index contributed by atoms with van der Waals surface area (Å²) in [6.45, 7) is -0.0302. The van der Waals surface area contributed by atoms with Crippen LogP contribution in [0.5, 0.6) is 0 Å². The summed E-state index contributed by atoms with van der Waals surface area (Å²) in [5.41, 5.74) is 1.05. The number of allylic oxidation sites excluding steroid dienone is 1. The first kappa shape index (κ1) is 19.6. The fraction of sp³-hybridized carbons (Fsp3) is 0.111. The highest BCUT2D eigenvalue weighted by Crippen LogP contribution is 2.23. The Kier molecular flexibility index (Phi) is 6.89. The summed E-state index contributed by atoms with van der Waals surface area (Å²) in [4.78, 5) is 33.7. The predicted octanol–water partition coefficient (Wildman–Crippen LogP) is 4.62. The maximum Gasteiger partial charge on any atom is 0.314 e. The molecule has 0 heterocycles. The van der Waals surface area contributed by atoms with Gasteiger partial charge in [-0.05, 0) is 29.3 Å². The van der Waals surface area contributed by atoms with E-state index in [1.54, 1.807) is 24.3 Å². The number of ketones is 1. The van der Waals surface area contributed by atoms with Gasteiger partial charge in [0.1, 0.15) is 13.0 Å². The van der Waals surface area contributed by atoms with Gasteiger partial charge in [-0.25, -0.2) is 0 Å². The maximum atomic E-state index is 11.8. The summed E-state index contributed by atoms with van der Waals surface area (Å²) in [5.74, 6) is -1.17. The fourth-order valence-corrected chi connectivity index (χ4v) is 2.30. The molecule has 0 aliphatic rings. The number of carbonyl (C=O) groups excluding carboxylic acids is 2. The number of carbonyl (C=O) groups is 2. The van der Waals surface area contributed by atoms with Gasteiger partial charge < -0.3 is 4.74 Å². The minimum atomic E-state index is -0.690. The summed E-state index contributed by atoms with van der Waals surface area (Å²) in [6.07, 6.45) is 2.15. The minimum Gasteiger partial charge on any atom is -0.460 e. The molecule has 0 radical (unpaired) electrons. The Hall–Kier alpha value is -2.70. The molecule has 2 aromatic carbocycles. The van der Waals surface area contributed by atoms with E-state index in [4.69, 9.17) is 27.9 Å². The first-order valence-electron chi connectivity index (χ1n) is 7.40. The zero-order chi connectivity index (χ0) is 19.1. The topological polar surface area (TPSA) is 86.5 Å². The summed E-state index contributed by atoms with van der Waals surface area (Å²) in [5, 5.41) is 11.4. The molecule has 6 nitrogen and oxygen atoms in total. The fourth-order valence-electron chi connectivity index (χ4n) is 1.98. The number of esters is 1. The summed E-state index contributed by atoms with van der Waals surface area (Å²) >= 11 is 11.7. The predicted molar refractivity (Wildman–Crippen MR) is 98.0 cm³/mol. The Morgan fingerprint density at radius 2 is 1.88 bits per heavy atom. The normalized spacial score (nSPS) is 10.7. The van der Waals surface area contributed by atoms with E-state index >= 15 is 0 Å². The van der Waals surface area contributed by atoms with E-state index in [1.807, 2.05) is 0 Å². The largest absolute Gasteiger partial charge is 0.460 e. The van der Waals surface area contributed by atoms with Crippen molar-refractivity contribution < 1.29 is 19.2 Å². The van der Waals surface area contributed by atoms with E-state index in [2.05, 4.69) is 0 Å². The van der Waals surface area contributed by atoms with Crippen LogP contribution >= 0.6 is 23.2 Å². The van der Waals surface area contributed by atoms with E-state index in [-0.39, 0.29) is 12.3 Å². The molecule has 0 atom stereocenters. The first-order valence-corrected chi connectivity index (χ1v) is 8.15. The molecule has 0 unspecified atom stereocenters. The van der Waals surface area contributed by atoms with Crippen molar-refractivity contribution >= 4 is 46.7 Å². The van der Waals surface area contributed by atoms with Crippen molar-refractivity contribution in [3.63, 3.8) is 0 Å². The number of benzene rings is 2. The molecule has 0 spiro atoms. The molecule has 0 aliphatic heterocycles. The second-order valence-corrected chi connectivity index (χ2v) is 6.05. The first-order chi connectivity index (χ1) is 12.3. The van der Waals surface area contributed by atoms with Crippen LogP contribution in [0.25, 0.3) is 6.08 Å². The molecule has 0 saturated carbocycles. The number of rotatable bonds is 7. The van der Waals surface area contributed by atoms with Crippen molar-refractivity contribution in [1.29, 1.82) is 0 Å². The number of ether oxygens (including phenoxy) is 1. The van der Waals surface area contributed by atoms with Gasteiger partial charge in [-0.3, -0.25) is 19.7 Å². The lowest BCUT2D eigenvalue weighted by Crippen LogP contribution is -2.09. The molecule has 26 heavy (non-hydrogen) atoms. The van der Waals surface area contributed by atoms with Crippen molar-refractivity contribution in [2.24, 2.45) is 0 Å². The molecular formula is C18H13Cl2NO5. The van der Waals surface area contributed by atoms with Crippen LogP contribution in [0.4, 0.5) is 5.69 Å². The van der Waals surface area contributed by atoms with E-state index in [0.717, 1.165) is 0 Å². The van der Waals surface area contributed by atoms with Crippen molar-refractivity contribution in [3.8, 4) is 0 Å². The van der Waals surface area contributed by atoms with Crippen LogP contribution in [0.3, 0.4) is 0 Å². The molecule has 2 aromatic rings. The van der Waals surface area contributed by atoms with Crippen LogP contribution in [0.15, 0.2) is 48.5 Å². The van der Waals surface area contributed by atoms with Crippen LogP contribution < -0.4 is 0 Å². The van der Waals surface area contributed by atoms with Crippen molar-refractivity contribution in [1.82, 2.24) is 0 Å². The highest BCUT2D eigenvalue weighted by atomic mass is 35.5. The van der Waals surface area contributed by atoms with Crippen LogP contribution in [-0.2, 0) is 20.9 Å². The van der Waals surface area contributed by atoms with Crippen molar-refractivity contribution in [2.45, 2.75) is 13.0 Å². The van der Waals surface area contributed by atoms with Gasteiger partial charge in [-0.15, -0.1) is 0 Å². The van der Waals surface area contributed by atoms with Gasteiger partial charge >= 0.3 is 5.97 Å². The van der Waals surface area contributed by atoms with E-state index in [0.29, 0.717) is 21.2 Å². The number of non-ortho nitro benzene ring substituents is 1. The second kappa shape index (κ2) is 9.12. The molecular weight excluding hydrogens is 381 g/mol. The third-order valence-electron chi connectivity index (χ3n) is 3.25. The van der Waals surface area contributed by atoms with Crippen LogP contribution in [0.2, 0.25) is 10.0 Å². The zero-order valence-corrected chi connectivity index (χ0v) is 14.9. The van der Waals surface area contributed by atoms with Gasteiger partial charge in [0, 0.05) is 12.1 Å². The van der Waals surface area contributed by atoms with Crippen LogP contribution in [0.1, 0.15) is 17.5 Å². The Labute approximate surface area is 159 Å². The number of nitro benzene ring substituents is 1. The van der Waals surface area contributed by atoms with Gasteiger partial charge in [-0.2, -0.15) is 0 Å². The third-order valence-corrected chi connectivity index (χ3v) is 3.98. The number of halogens is 2. The number of hydrogen-bond donors (Lipinski definition) is 0. The molecule has 0 aromatic heterocycles. The Morgan fingerprint density at radius 1 is 1.12 bits per heavy atom. The Morgan fingerprint density at radius 3 is 2.58 bits per heavy atom. The second-order valence-electron chi connectivity index (χ2n) is 5.24. The third kappa shape index (κ3) is 5.98. The highest BCUT2D eigenvalue weighted by Gasteiger charge is 2.10. The van der Waals surface area contributed by atoms with Gasteiger partial charge in [0.05, 0.1) is 15.0 Å². The minimum absolute atomic E-state index is 0.0302. The lowest BCUT2D eigenvalue weighted by molar-refractivity contribution is -0.384. The monoisotopic (exact) mass is 393 g/mol. The molecule has 0 amide bonds. The van der Waals surface area contributed by atoms with Gasteiger partial charge in [0.2, 0.25) is 0 Å². The zero-order valence-electron chi connectivity index (χ0n) is 13.4. The van der Waals surface area contributed by atoms with Crippen LogP contribution in [-0.4, -0.2) is 16.7 Å². The smallest absolute Gasteiger partial charge is 0.314 e. The summed E-state index contributed by atoms with van der Waals surface area (Å²) in [7, 11) is 0. The average molecular weight is 394 g/mol. The molecule has 0 N–H and O–H groups in total. The average Bonchev–Trinajstić information content (AvgIpc) is 2.61. The SMILES string of the molecule is O=C(C=Cc1cccc([N+](=O)[O-])c1)CC(=O)OCc1ccc(Cl)c(Cl)c1. The Balaban J connectivity index is 1.86. The molecule has 0 fully saturated rings. The van der Waals surface area contributed by atoms with Crippen molar-refractivity contribution in [3.05, 3.63) is 79.8 Å². The molecule has 134 valence electrons. The Bertz CT molecular complexity index is 880. The van der Waals surface area contributed by atoms with E-state index < -0.39 is 23.1 Å². The molecule has 2 rings (SSSR count). The molecule has 0 bridgehead atoms. The maximum absolute atomic E-state index is 11.8. The molecule has 0 saturated heterocycles. The quantitative estimate of drug-likeness (QED) is 0.225. The highest BCUT2D eigenvalue weighted by molar-refractivity contribution is 6.42. The van der Waals surface area contributed by atoms with Crippen LogP contribution in [0, 0.1) is 10.1 Å². The standard InChI is InChI=1S/C18H13Cl2NO5/c19-16-7-5-13(9-17(16)20)11-26-18(23)10-15(22)6-4-12-2-1-3-14(8-12)21(24)25/h1-9H,10-11H2. The lowest BCUT2D eigenvalue weighted by Gasteiger charge is -2.05. The van der Waals surface area contributed by atoms with E-state index in [9.17, 15) is 19.7 Å². The number of nitro groups is 1. The summed E-state index contributed by atoms with van der Waals surface area (Å²) in [6, 6.07) is 10.6. The van der Waals surface area contributed by atoms with E-state index in [1.165, 1.54) is 30.4 Å². The van der Waals surface area contributed by atoms with Gasteiger partial charge in [0.15, 0.2) is 5.78 Å². The van der Waals surface area contributed by atoms with Gasteiger partial charge in [0.25, 0.3) is 5.69 Å². The summed E-state index contributed by atoms with van der Waals surface area (Å²) < 4.78 is 5.01. The van der Waals surface area contributed by atoms with Gasteiger partial charge in [-0.1, -0.05) is 47.5 Å². The van der Waals surface area contributed by atoms with Crippen molar-refractivity contribution in [2.75, 3.05) is 0 Å². The number of nitrogens with zero attached hydrogens (tertiary/aromatic N) is 1. The number of hydrogen-bond acceptors (Lipinski definition) is 5. The molecule has 8 heteroatoms. The lowest BCUT2D eigenvalue weighted by atomic mass is 10.1.